The van der Waals surface area contributed by atoms with Crippen molar-refractivity contribution in [1.82, 2.24) is 20.0 Å². The van der Waals surface area contributed by atoms with Crippen molar-refractivity contribution in [3.8, 4) is 5.69 Å². The van der Waals surface area contributed by atoms with Crippen molar-refractivity contribution in [3.05, 3.63) is 46.5 Å². The number of amides is 1. The van der Waals surface area contributed by atoms with Crippen molar-refractivity contribution >= 4 is 5.91 Å². The molecule has 1 amide bonds. The largest absolute Gasteiger partial charge is 0.337 e. The van der Waals surface area contributed by atoms with Gasteiger partial charge in [0.15, 0.2) is 5.69 Å². The van der Waals surface area contributed by atoms with E-state index < -0.39 is 0 Å². The number of benzene rings is 1. The van der Waals surface area contributed by atoms with Crippen LogP contribution in [0.1, 0.15) is 46.6 Å². The van der Waals surface area contributed by atoms with Crippen LogP contribution in [0.2, 0.25) is 0 Å². The number of hydrogen-bond donors (Lipinski definition) is 1. The molecule has 1 aliphatic carbocycles. The van der Waals surface area contributed by atoms with E-state index >= 15 is 0 Å². The van der Waals surface area contributed by atoms with Gasteiger partial charge in [-0.2, -0.15) is 5.10 Å². The predicted octanol–water partition coefficient (Wildman–Crippen LogP) is 2.88. The molecule has 1 saturated heterocycles. The highest BCUT2D eigenvalue weighted by Gasteiger charge is 2.31. The maximum Gasteiger partial charge on any atom is 0.274 e. The molecule has 0 bridgehead atoms. The van der Waals surface area contributed by atoms with E-state index in [4.69, 9.17) is 0 Å². The number of likely N-dealkylation sites (tertiary alicyclic amines) is 1. The summed E-state index contributed by atoms with van der Waals surface area (Å²) in [6, 6.07) is 5.16. The Labute approximate surface area is 159 Å². The first kappa shape index (κ1) is 18.2. The first-order chi connectivity index (χ1) is 13.1. The van der Waals surface area contributed by atoms with Gasteiger partial charge in [-0.25, -0.2) is 9.07 Å². The highest BCUT2D eigenvalue weighted by atomic mass is 19.1. The molecule has 2 aromatic rings. The van der Waals surface area contributed by atoms with Crippen LogP contribution in [0.25, 0.3) is 5.69 Å². The number of rotatable bonds is 4. The van der Waals surface area contributed by atoms with Gasteiger partial charge in [0, 0.05) is 24.3 Å². The van der Waals surface area contributed by atoms with Crippen LogP contribution >= 0.6 is 0 Å². The van der Waals surface area contributed by atoms with Gasteiger partial charge in [-0.1, -0.05) is 6.07 Å². The number of halogens is 1. The number of nitrogens with zero attached hydrogens (tertiary/aromatic N) is 3. The second kappa shape index (κ2) is 7.43. The molecule has 0 saturated carbocycles. The third kappa shape index (κ3) is 3.38. The van der Waals surface area contributed by atoms with Gasteiger partial charge < -0.3 is 10.2 Å². The van der Waals surface area contributed by atoms with Gasteiger partial charge >= 0.3 is 0 Å². The Hall–Kier alpha value is -2.21. The van der Waals surface area contributed by atoms with E-state index in [1.165, 1.54) is 6.07 Å². The first-order valence-electron chi connectivity index (χ1n) is 9.89. The number of carbonyl (C=O) groups excluding carboxylic acids is 1. The maximum absolute atomic E-state index is 14.5. The fourth-order valence-corrected chi connectivity index (χ4v) is 4.37. The van der Waals surface area contributed by atoms with Crippen molar-refractivity contribution in [2.24, 2.45) is 5.92 Å². The summed E-state index contributed by atoms with van der Waals surface area (Å²) in [6.07, 6.45) is 4.71. The minimum atomic E-state index is -0.293. The Kier molecular flexibility index (Phi) is 5.00. The lowest BCUT2D eigenvalue weighted by atomic mass is 9.96. The van der Waals surface area contributed by atoms with Crippen molar-refractivity contribution < 1.29 is 9.18 Å². The Morgan fingerprint density at radius 3 is 2.78 bits per heavy atom. The third-order valence-corrected chi connectivity index (χ3v) is 5.86. The Balaban J connectivity index is 1.62. The van der Waals surface area contributed by atoms with Gasteiger partial charge in [-0.05, 0) is 76.2 Å². The number of aromatic nitrogens is 2. The van der Waals surface area contributed by atoms with Crippen LogP contribution in [-0.2, 0) is 12.8 Å². The lowest BCUT2D eigenvalue weighted by Crippen LogP contribution is -2.40. The van der Waals surface area contributed by atoms with Crippen LogP contribution < -0.4 is 5.32 Å². The fraction of sp³-hybridized carbons (Fsp3) is 0.524. The topological polar surface area (TPSA) is 50.2 Å². The van der Waals surface area contributed by atoms with Gasteiger partial charge in [-0.3, -0.25) is 4.79 Å². The SMILES string of the molecule is CNCC1CCN(C(=O)c2nn(-c3ccc(C)cc3F)c3c2CCC3)CC1. The minimum Gasteiger partial charge on any atom is -0.337 e. The quantitative estimate of drug-likeness (QED) is 0.900. The molecule has 1 aliphatic heterocycles. The zero-order chi connectivity index (χ0) is 19.0. The Bertz CT molecular complexity index is 852. The van der Waals surface area contributed by atoms with Gasteiger partial charge in [0.25, 0.3) is 5.91 Å². The van der Waals surface area contributed by atoms with Crippen LogP contribution in [0.3, 0.4) is 0 Å². The summed E-state index contributed by atoms with van der Waals surface area (Å²) >= 11 is 0. The Morgan fingerprint density at radius 1 is 1.30 bits per heavy atom. The zero-order valence-corrected chi connectivity index (χ0v) is 16.1. The molecule has 0 spiro atoms. The van der Waals surface area contributed by atoms with E-state index in [0.29, 0.717) is 17.3 Å². The molecule has 1 fully saturated rings. The standard InChI is InChI=1S/C21H27FN4O/c1-14-6-7-19(17(22)12-14)26-18-5-3-4-16(18)20(24-26)21(27)25-10-8-15(9-11-25)13-23-2/h6-7,12,15,23H,3-5,8-11,13H2,1-2H3. The van der Waals surface area contributed by atoms with E-state index in [9.17, 15) is 9.18 Å². The molecule has 2 heterocycles. The number of fused-ring (bicyclic) bond motifs is 1. The van der Waals surface area contributed by atoms with Crippen molar-refractivity contribution in [2.45, 2.75) is 39.0 Å². The average molecular weight is 370 g/mol. The number of nitrogens with one attached hydrogen (secondary N) is 1. The van der Waals surface area contributed by atoms with Crippen LogP contribution in [-0.4, -0.2) is 47.3 Å². The summed E-state index contributed by atoms with van der Waals surface area (Å²) in [5.41, 5.74) is 3.84. The third-order valence-electron chi connectivity index (χ3n) is 5.86. The molecule has 2 aliphatic rings. The normalized spacial score (nSPS) is 17.4. The summed E-state index contributed by atoms with van der Waals surface area (Å²) < 4.78 is 16.2. The van der Waals surface area contributed by atoms with E-state index in [1.807, 2.05) is 24.9 Å². The van der Waals surface area contributed by atoms with E-state index in [1.54, 1.807) is 10.7 Å². The van der Waals surface area contributed by atoms with E-state index in [0.717, 1.165) is 68.6 Å². The molecule has 1 aromatic heterocycles. The number of piperidine rings is 1. The number of carbonyl (C=O) groups is 1. The molecule has 1 aromatic carbocycles. The van der Waals surface area contributed by atoms with Crippen LogP contribution in [0.4, 0.5) is 4.39 Å². The molecular weight excluding hydrogens is 343 g/mol. The molecule has 144 valence electrons. The number of aryl methyl sites for hydroxylation is 1. The van der Waals surface area contributed by atoms with Gasteiger partial charge in [-0.15, -0.1) is 0 Å². The summed E-state index contributed by atoms with van der Waals surface area (Å²) in [6.45, 7) is 4.41. The summed E-state index contributed by atoms with van der Waals surface area (Å²) in [4.78, 5) is 15.1. The van der Waals surface area contributed by atoms with E-state index in [2.05, 4.69) is 10.4 Å². The highest BCUT2D eigenvalue weighted by molar-refractivity contribution is 5.94. The lowest BCUT2D eigenvalue weighted by molar-refractivity contribution is 0.0683. The van der Waals surface area contributed by atoms with Gasteiger partial charge in [0.1, 0.15) is 11.5 Å². The number of hydrogen-bond acceptors (Lipinski definition) is 3. The van der Waals surface area contributed by atoms with Crippen LogP contribution in [0.5, 0.6) is 0 Å². The van der Waals surface area contributed by atoms with Gasteiger partial charge in [0.2, 0.25) is 0 Å². The summed E-state index contributed by atoms with van der Waals surface area (Å²) in [5, 5.41) is 7.82. The van der Waals surface area contributed by atoms with E-state index in [-0.39, 0.29) is 11.7 Å². The van der Waals surface area contributed by atoms with Gasteiger partial charge in [0.05, 0.1) is 0 Å². The zero-order valence-electron chi connectivity index (χ0n) is 16.1. The molecule has 5 nitrogen and oxygen atoms in total. The smallest absolute Gasteiger partial charge is 0.274 e. The minimum absolute atomic E-state index is 0.00216. The maximum atomic E-state index is 14.5. The molecule has 6 heteroatoms. The van der Waals surface area contributed by atoms with Crippen molar-refractivity contribution in [1.29, 1.82) is 0 Å². The molecule has 0 unspecified atom stereocenters. The lowest BCUT2D eigenvalue weighted by Gasteiger charge is -2.31. The molecule has 27 heavy (non-hydrogen) atoms. The predicted molar refractivity (Wildman–Crippen MR) is 103 cm³/mol. The molecule has 0 radical (unpaired) electrons. The van der Waals surface area contributed by atoms with Crippen molar-refractivity contribution in [2.75, 3.05) is 26.7 Å². The fourth-order valence-electron chi connectivity index (χ4n) is 4.37. The second-order valence-electron chi connectivity index (χ2n) is 7.79. The summed E-state index contributed by atoms with van der Waals surface area (Å²) in [5.74, 6) is 0.338. The van der Waals surface area contributed by atoms with Crippen LogP contribution in [0, 0.1) is 18.7 Å². The molecular formula is C21H27FN4O. The molecule has 1 N–H and O–H groups in total. The molecule has 4 rings (SSSR count). The average Bonchev–Trinajstić information content (AvgIpc) is 3.25. The molecule has 0 atom stereocenters. The Morgan fingerprint density at radius 2 is 2.07 bits per heavy atom. The highest BCUT2D eigenvalue weighted by Crippen LogP contribution is 2.30. The van der Waals surface area contributed by atoms with Crippen LogP contribution in [0.15, 0.2) is 18.2 Å². The monoisotopic (exact) mass is 370 g/mol. The first-order valence-corrected chi connectivity index (χ1v) is 9.89. The summed E-state index contributed by atoms with van der Waals surface area (Å²) in [7, 11) is 1.97. The van der Waals surface area contributed by atoms with Crippen molar-refractivity contribution in [3.63, 3.8) is 0 Å². The second-order valence-corrected chi connectivity index (χ2v) is 7.79.